The molecule has 0 spiro atoms. The molecule has 0 aromatic heterocycles. The van der Waals surface area contributed by atoms with Crippen LogP contribution in [-0.4, -0.2) is 57.5 Å². The van der Waals surface area contributed by atoms with Crippen molar-refractivity contribution in [1.29, 1.82) is 0 Å². The first-order valence-electron chi connectivity index (χ1n) is 7.75. The number of benzene rings is 1. The highest BCUT2D eigenvalue weighted by atomic mass is 32.2. The van der Waals surface area contributed by atoms with E-state index in [0.717, 1.165) is 38.0 Å². The van der Waals surface area contributed by atoms with Gasteiger partial charge in [0.1, 0.15) is 5.75 Å². The van der Waals surface area contributed by atoms with Gasteiger partial charge in [-0.05, 0) is 63.2 Å². The summed E-state index contributed by atoms with van der Waals surface area (Å²) in [6.07, 6.45) is 1.78. The molecule has 1 heterocycles. The van der Waals surface area contributed by atoms with Crippen molar-refractivity contribution in [3.05, 3.63) is 23.8 Å². The molecule has 1 aromatic carbocycles. The Morgan fingerprint density at radius 1 is 1.32 bits per heavy atom. The molecule has 1 saturated heterocycles. The van der Waals surface area contributed by atoms with Gasteiger partial charge in [-0.3, -0.25) is 0 Å². The highest BCUT2D eigenvalue weighted by molar-refractivity contribution is 7.89. The molecule has 1 aliphatic rings. The quantitative estimate of drug-likeness (QED) is 0.831. The third kappa shape index (κ3) is 3.45. The Hall–Kier alpha value is -1.11. The summed E-state index contributed by atoms with van der Waals surface area (Å²) in [7, 11) is -0.180. The lowest BCUT2D eigenvalue weighted by molar-refractivity contribution is 0.176. The molecule has 22 heavy (non-hydrogen) atoms. The summed E-state index contributed by atoms with van der Waals surface area (Å²) in [6, 6.07) is 5.18. The van der Waals surface area contributed by atoms with Crippen LogP contribution in [0.4, 0.5) is 0 Å². The summed E-state index contributed by atoms with van der Waals surface area (Å²) >= 11 is 0. The standard InChI is InChI=1S/C16H26N2O3S/c1-5-18-10-8-14(9-11-18)17(3)22(19,20)16-7-6-15(21-4)12-13(16)2/h6-7,12,14H,5,8-11H2,1-4H3. The molecule has 124 valence electrons. The van der Waals surface area contributed by atoms with Gasteiger partial charge in [-0.2, -0.15) is 4.31 Å². The van der Waals surface area contributed by atoms with Crippen LogP contribution in [0.1, 0.15) is 25.3 Å². The summed E-state index contributed by atoms with van der Waals surface area (Å²) in [5, 5.41) is 0. The molecular weight excluding hydrogens is 300 g/mol. The first-order chi connectivity index (χ1) is 10.4. The highest BCUT2D eigenvalue weighted by Gasteiger charge is 2.31. The average molecular weight is 326 g/mol. The number of hydrogen-bond acceptors (Lipinski definition) is 4. The molecule has 0 amide bonds. The predicted molar refractivity (Wildman–Crippen MR) is 87.8 cm³/mol. The summed E-state index contributed by atoms with van der Waals surface area (Å²) in [4.78, 5) is 2.73. The smallest absolute Gasteiger partial charge is 0.243 e. The van der Waals surface area contributed by atoms with Crippen LogP contribution in [0, 0.1) is 6.92 Å². The number of aryl methyl sites for hydroxylation is 1. The molecule has 0 aliphatic carbocycles. The fourth-order valence-corrected chi connectivity index (χ4v) is 4.61. The van der Waals surface area contributed by atoms with Crippen LogP contribution in [0.25, 0.3) is 0 Å². The van der Waals surface area contributed by atoms with E-state index in [0.29, 0.717) is 10.6 Å². The van der Waals surface area contributed by atoms with Gasteiger partial charge >= 0.3 is 0 Å². The normalized spacial score (nSPS) is 17.9. The second kappa shape index (κ2) is 6.98. The van der Waals surface area contributed by atoms with Crippen molar-refractivity contribution in [1.82, 2.24) is 9.21 Å². The van der Waals surface area contributed by atoms with Gasteiger partial charge in [-0.15, -0.1) is 0 Å². The number of methoxy groups -OCH3 is 1. The molecule has 5 nitrogen and oxygen atoms in total. The van der Waals surface area contributed by atoms with E-state index >= 15 is 0 Å². The SMILES string of the molecule is CCN1CCC(N(C)S(=O)(=O)c2ccc(OC)cc2C)CC1. The molecular formula is C16H26N2O3S. The Labute approximate surface area is 133 Å². The van der Waals surface area contributed by atoms with E-state index in [1.165, 1.54) is 0 Å². The Morgan fingerprint density at radius 3 is 2.45 bits per heavy atom. The fourth-order valence-electron chi connectivity index (χ4n) is 2.99. The zero-order chi connectivity index (χ0) is 16.3. The van der Waals surface area contributed by atoms with Crippen LogP contribution >= 0.6 is 0 Å². The third-order valence-electron chi connectivity index (χ3n) is 4.56. The number of sulfonamides is 1. The summed E-state index contributed by atoms with van der Waals surface area (Å²) in [5.74, 6) is 0.676. The molecule has 1 aromatic rings. The Morgan fingerprint density at radius 2 is 1.95 bits per heavy atom. The maximum absolute atomic E-state index is 12.9. The van der Waals surface area contributed by atoms with Crippen molar-refractivity contribution in [3.8, 4) is 5.75 Å². The van der Waals surface area contributed by atoms with Crippen LogP contribution in [0.2, 0.25) is 0 Å². The average Bonchev–Trinajstić information content (AvgIpc) is 2.53. The van der Waals surface area contributed by atoms with E-state index in [1.54, 1.807) is 36.7 Å². The minimum atomic E-state index is -3.46. The molecule has 2 rings (SSSR count). The molecule has 1 aliphatic heterocycles. The predicted octanol–water partition coefficient (Wildman–Crippen LogP) is 2.11. The second-order valence-corrected chi connectivity index (χ2v) is 7.78. The lowest BCUT2D eigenvalue weighted by Gasteiger charge is -2.35. The Balaban J connectivity index is 2.19. The van der Waals surface area contributed by atoms with Crippen molar-refractivity contribution >= 4 is 10.0 Å². The number of rotatable bonds is 5. The van der Waals surface area contributed by atoms with Crippen molar-refractivity contribution in [2.24, 2.45) is 0 Å². The van der Waals surface area contributed by atoms with Crippen molar-refractivity contribution in [2.75, 3.05) is 33.8 Å². The number of ether oxygens (including phenoxy) is 1. The number of nitrogens with zero attached hydrogens (tertiary/aromatic N) is 2. The van der Waals surface area contributed by atoms with Gasteiger partial charge in [-0.1, -0.05) is 6.92 Å². The maximum Gasteiger partial charge on any atom is 0.243 e. The van der Waals surface area contributed by atoms with Crippen LogP contribution in [0.3, 0.4) is 0 Å². The topological polar surface area (TPSA) is 49.9 Å². The maximum atomic E-state index is 12.9. The molecule has 0 atom stereocenters. The van der Waals surface area contributed by atoms with E-state index in [9.17, 15) is 8.42 Å². The van der Waals surface area contributed by atoms with Crippen LogP contribution < -0.4 is 4.74 Å². The minimum absolute atomic E-state index is 0.0781. The number of hydrogen-bond donors (Lipinski definition) is 0. The zero-order valence-corrected chi connectivity index (χ0v) is 14.7. The minimum Gasteiger partial charge on any atom is -0.497 e. The zero-order valence-electron chi connectivity index (χ0n) is 13.9. The molecule has 0 N–H and O–H groups in total. The van der Waals surface area contributed by atoms with E-state index < -0.39 is 10.0 Å². The van der Waals surface area contributed by atoms with E-state index in [-0.39, 0.29) is 6.04 Å². The first-order valence-corrected chi connectivity index (χ1v) is 9.19. The van der Waals surface area contributed by atoms with Crippen molar-refractivity contribution < 1.29 is 13.2 Å². The third-order valence-corrected chi connectivity index (χ3v) is 6.63. The molecule has 0 bridgehead atoms. The largest absolute Gasteiger partial charge is 0.497 e. The van der Waals surface area contributed by atoms with Gasteiger partial charge in [0, 0.05) is 13.1 Å². The lowest BCUT2D eigenvalue weighted by atomic mass is 10.1. The van der Waals surface area contributed by atoms with Crippen molar-refractivity contribution in [3.63, 3.8) is 0 Å². The number of likely N-dealkylation sites (tertiary alicyclic amines) is 1. The van der Waals surface area contributed by atoms with Gasteiger partial charge in [0.05, 0.1) is 12.0 Å². The van der Waals surface area contributed by atoms with Crippen LogP contribution in [0.15, 0.2) is 23.1 Å². The molecule has 0 radical (unpaired) electrons. The van der Waals surface area contributed by atoms with Gasteiger partial charge in [0.2, 0.25) is 10.0 Å². The summed E-state index contributed by atoms with van der Waals surface area (Å²) < 4.78 is 32.4. The van der Waals surface area contributed by atoms with Crippen LogP contribution in [-0.2, 0) is 10.0 Å². The van der Waals surface area contributed by atoms with Crippen LogP contribution in [0.5, 0.6) is 5.75 Å². The van der Waals surface area contributed by atoms with Gasteiger partial charge in [0.25, 0.3) is 0 Å². The van der Waals surface area contributed by atoms with Crippen molar-refractivity contribution in [2.45, 2.75) is 37.6 Å². The first kappa shape index (κ1) is 17.2. The summed E-state index contributed by atoms with van der Waals surface area (Å²) in [5.41, 5.74) is 0.720. The monoisotopic (exact) mass is 326 g/mol. The lowest BCUT2D eigenvalue weighted by Crippen LogP contribution is -2.45. The fraction of sp³-hybridized carbons (Fsp3) is 0.625. The molecule has 1 fully saturated rings. The Kier molecular flexibility index (Phi) is 5.47. The second-order valence-electron chi connectivity index (χ2n) is 5.82. The van der Waals surface area contributed by atoms with E-state index in [2.05, 4.69) is 11.8 Å². The highest BCUT2D eigenvalue weighted by Crippen LogP contribution is 2.27. The summed E-state index contributed by atoms with van der Waals surface area (Å²) in [6.45, 7) is 6.90. The van der Waals surface area contributed by atoms with Gasteiger partial charge in [0.15, 0.2) is 0 Å². The van der Waals surface area contributed by atoms with E-state index in [4.69, 9.17) is 4.74 Å². The van der Waals surface area contributed by atoms with E-state index in [1.807, 2.05) is 6.92 Å². The molecule has 0 saturated carbocycles. The van der Waals surface area contributed by atoms with Gasteiger partial charge in [-0.25, -0.2) is 8.42 Å². The number of piperidine rings is 1. The van der Waals surface area contributed by atoms with Gasteiger partial charge < -0.3 is 9.64 Å². The molecule has 6 heteroatoms. The molecule has 0 unspecified atom stereocenters. The Bertz CT molecular complexity index is 608.